The van der Waals surface area contributed by atoms with E-state index in [1.807, 2.05) is 0 Å². The third-order valence-electron chi connectivity index (χ3n) is 2.96. The maximum atomic E-state index is 12.1. The van der Waals surface area contributed by atoms with Crippen LogP contribution in [0.1, 0.15) is 13.0 Å². The van der Waals surface area contributed by atoms with Gasteiger partial charge in [-0.2, -0.15) is 4.68 Å². The Morgan fingerprint density at radius 3 is 2.78 bits per heavy atom. The van der Waals surface area contributed by atoms with Gasteiger partial charge in [0.25, 0.3) is 0 Å². The highest BCUT2D eigenvalue weighted by Gasteiger charge is 2.26. The Morgan fingerprint density at radius 1 is 1.56 bits per heavy atom. The van der Waals surface area contributed by atoms with Crippen molar-refractivity contribution >= 4 is 11.7 Å². The first-order valence-electron chi connectivity index (χ1n) is 5.78. The number of rotatable bonds is 3. The number of nitrogens with one attached hydrogen (secondary N) is 1. The van der Waals surface area contributed by atoms with Crippen LogP contribution in [0.3, 0.4) is 0 Å². The number of nitro groups is 1. The van der Waals surface area contributed by atoms with Crippen LogP contribution in [0.25, 0.3) is 0 Å². The van der Waals surface area contributed by atoms with Crippen molar-refractivity contribution in [2.24, 2.45) is 0 Å². The van der Waals surface area contributed by atoms with E-state index in [1.165, 1.54) is 16.9 Å². The van der Waals surface area contributed by atoms with Crippen molar-refractivity contribution in [1.29, 1.82) is 0 Å². The molecular formula is C10H15N5O3. The minimum atomic E-state index is -0.571. The molecule has 1 saturated heterocycles. The van der Waals surface area contributed by atoms with E-state index in [0.29, 0.717) is 13.1 Å². The molecule has 8 heteroatoms. The summed E-state index contributed by atoms with van der Waals surface area (Å²) in [6, 6.07) is 0.776. The molecule has 1 N–H and O–H groups in total. The van der Waals surface area contributed by atoms with Crippen molar-refractivity contribution in [2.45, 2.75) is 13.0 Å². The molecule has 1 aromatic heterocycles. The van der Waals surface area contributed by atoms with Crippen molar-refractivity contribution in [3.05, 3.63) is 22.4 Å². The predicted octanol–water partition coefficient (Wildman–Crippen LogP) is -0.216. The number of aromatic nitrogens is 2. The first kappa shape index (κ1) is 12.5. The number of piperazine rings is 1. The monoisotopic (exact) mass is 253 g/mol. The van der Waals surface area contributed by atoms with Gasteiger partial charge in [-0.15, -0.1) is 0 Å². The molecule has 1 aliphatic heterocycles. The zero-order valence-corrected chi connectivity index (χ0v) is 10.1. The molecule has 0 spiro atoms. The SMILES string of the molecule is CC(C(=O)N1CCNCC1)n1ccc([N+](=O)[O-])n1. The van der Waals surface area contributed by atoms with Gasteiger partial charge in [-0.25, -0.2) is 0 Å². The Bertz CT molecular complexity index is 452. The molecule has 18 heavy (non-hydrogen) atoms. The molecule has 1 amide bonds. The normalized spacial score (nSPS) is 17.5. The summed E-state index contributed by atoms with van der Waals surface area (Å²) in [6.07, 6.45) is 1.46. The first-order chi connectivity index (χ1) is 8.59. The lowest BCUT2D eigenvalue weighted by molar-refractivity contribution is -0.389. The van der Waals surface area contributed by atoms with E-state index in [4.69, 9.17) is 0 Å². The zero-order valence-electron chi connectivity index (χ0n) is 10.1. The Hall–Kier alpha value is -1.96. The topological polar surface area (TPSA) is 93.3 Å². The third-order valence-corrected chi connectivity index (χ3v) is 2.96. The summed E-state index contributed by atoms with van der Waals surface area (Å²) in [5.41, 5.74) is 0. The van der Waals surface area contributed by atoms with Gasteiger partial charge in [-0.1, -0.05) is 0 Å². The van der Waals surface area contributed by atoms with Gasteiger partial charge in [0.05, 0.1) is 17.4 Å². The van der Waals surface area contributed by atoms with Crippen LogP contribution in [0.4, 0.5) is 5.82 Å². The van der Waals surface area contributed by atoms with Crippen molar-refractivity contribution in [1.82, 2.24) is 20.0 Å². The van der Waals surface area contributed by atoms with Crippen molar-refractivity contribution in [3.63, 3.8) is 0 Å². The summed E-state index contributed by atoms with van der Waals surface area (Å²) in [6.45, 7) is 4.57. The van der Waals surface area contributed by atoms with Crippen LogP contribution < -0.4 is 5.32 Å². The molecule has 0 radical (unpaired) electrons. The van der Waals surface area contributed by atoms with Gasteiger partial charge in [0.1, 0.15) is 6.04 Å². The summed E-state index contributed by atoms with van der Waals surface area (Å²) >= 11 is 0. The second-order valence-corrected chi connectivity index (χ2v) is 4.16. The Labute approximate surface area is 104 Å². The highest BCUT2D eigenvalue weighted by molar-refractivity contribution is 5.80. The minimum absolute atomic E-state index is 0.0607. The molecule has 98 valence electrons. The summed E-state index contributed by atoms with van der Waals surface area (Å²) in [7, 11) is 0. The summed E-state index contributed by atoms with van der Waals surface area (Å²) in [4.78, 5) is 23.9. The molecule has 8 nitrogen and oxygen atoms in total. The smallest absolute Gasteiger partial charge is 0.358 e. The van der Waals surface area contributed by atoms with Crippen LogP contribution in [0.2, 0.25) is 0 Å². The van der Waals surface area contributed by atoms with E-state index in [2.05, 4.69) is 10.4 Å². The second-order valence-electron chi connectivity index (χ2n) is 4.16. The number of hydrogen-bond acceptors (Lipinski definition) is 5. The van der Waals surface area contributed by atoms with E-state index in [0.717, 1.165) is 13.1 Å². The number of hydrogen-bond donors (Lipinski definition) is 1. The molecule has 1 fully saturated rings. The second kappa shape index (κ2) is 5.13. The maximum absolute atomic E-state index is 12.1. The van der Waals surface area contributed by atoms with Gasteiger partial charge >= 0.3 is 5.82 Å². The lowest BCUT2D eigenvalue weighted by Gasteiger charge is -2.29. The third kappa shape index (κ3) is 2.48. The van der Waals surface area contributed by atoms with Gasteiger partial charge in [-0.05, 0) is 11.8 Å². The summed E-state index contributed by atoms with van der Waals surface area (Å²) < 4.78 is 1.34. The molecule has 1 unspecified atom stereocenters. The standard InChI is InChI=1S/C10H15N5O3/c1-8(10(16)13-6-3-11-4-7-13)14-5-2-9(12-14)15(17)18/h2,5,8,11H,3-4,6-7H2,1H3. The van der Waals surface area contributed by atoms with Crippen LogP contribution in [-0.4, -0.2) is 51.7 Å². The molecule has 0 bridgehead atoms. The highest BCUT2D eigenvalue weighted by atomic mass is 16.6. The quantitative estimate of drug-likeness (QED) is 0.594. The molecule has 2 rings (SSSR count). The Balaban J connectivity index is 2.06. The van der Waals surface area contributed by atoms with Crippen LogP contribution in [0.15, 0.2) is 12.3 Å². The van der Waals surface area contributed by atoms with Gasteiger partial charge in [0, 0.05) is 26.2 Å². The van der Waals surface area contributed by atoms with E-state index in [-0.39, 0.29) is 11.7 Å². The van der Waals surface area contributed by atoms with E-state index in [1.54, 1.807) is 11.8 Å². The number of amides is 1. The fourth-order valence-corrected chi connectivity index (χ4v) is 1.90. The van der Waals surface area contributed by atoms with Crippen LogP contribution >= 0.6 is 0 Å². The van der Waals surface area contributed by atoms with Crippen LogP contribution in [-0.2, 0) is 4.79 Å². The molecule has 0 saturated carbocycles. The first-order valence-corrected chi connectivity index (χ1v) is 5.78. The van der Waals surface area contributed by atoms with Gasteiger partial charge in [0.2, 0.25) is 5.91 Å². The average Bonchev–Trinajstić information content (AvgIpc) is 2.88. The highest BCUT2D eigenvalue weighted by Crippen LogP contribution is 2.13. The minimum Gasteiger partial charge on any atom is -0.358 e. The summed E-state index contributed by atoms with van der Waals surface area (Å²) in [5, 5.41) is 17.5. The van der Waals surface area contributed by atoms with Crippen molar-refractivity contribution < 1.29 is 9.72 Å². The Morgan fingerprint density at radius 2 is 2.22 bits per heavy atom. The van der Waals surface area contributed by atoms with Crippen LogP contribution in [0, 0.1) is 10.1 Å². The fraction of sp³-hybridized carbons (Fsp3) is 0.600. The van der Waals surface area contributed by atoms with Crippen molar-refractivity contribution in [3.8, 4) is 0 Å². The van der Waals surface area contributed by atoms with Crippen LogP contribution in [0.5, 0.6) is 0 Å². The fourth-order valence-electron chi connectivity index (χ4n) is 1.90. The van der Waals surface area contributed by atoms with Gasteiger partial charge in [-0.3, -0.25) is 4.79 Å². The average molecular weight is 253 g/mol. The molecule has 1 aliphatic rings. The largest absolute Gasteiger partial charge is 0.389 e. The molecule has 1 aromatic rings. The number of carbonyl (C=O) groups excluding carboxylic acids is 1. The summed E-state index contributed by atoms with van der Waals surface area (Å²) in [5.74, 6) is -0.301. The zero-order chi connectivity index (χ0) is 13.1. The molecule has 2 heterocycles. The molecular weight excluding hydrogens is 238 g/mol. The molecule has 1 atom stereocenters. The van der Waals surface area contributed by atoms with E-state index in [9.17, 15) is 14.9 Å². The number of nitrogens with zero attached hydrogens (tertiary/aromatic N) is 4. The van der Waals surface area contributed by atoms with Gasteiger partial charge in [0.15, 0.2) is 0 Å². The van der Waals surface area contributed by atoms with E-state index >= 15 is 0 Å². The number of carbonyl (C=O) groups is 1. The maximum Gasteiger partial charge on any atom is 0.389 e. The lowest BCUT2D eigenvalue weighted by atomic mass is 10.2. The van der Waals surface area contributed by atoms with Crippen molar-refractivity contribution in [2.75, 3.05) is 26.2 Å². The lowest BCUT2D eigenvalue weighted by Crippen LogP contribution is -2.48. The van der Waals surface area contributed by atoms with E-state index < -0.39 is 11.0 Å². The molecule has 0 aliphatic carbocycles. The predicted molar refractivity (Wildman–Crippen MR) is 63.0 cm³/mol. The van der Waals surface area contributed by atoms with Gasteiger partial charge < -0.3 is 20.3 Å². The Kier molecular flexibility index (Phi) is 3.56. The molecule has 0 aromatic carbocycles.